The fraction of sp³-hybridized carbons (Fsp3) is 0. The average Bonchev–Trinajstić information content (AvgIpc) is 3.81. The molecule has 0 aliphatic carbocycles. The number of thiophene rings is 1. The molecule has 7 aromatic carbocycles. The van der Waals surface area contributed by atoms with Gasteiger partial charge in [0.25, 0.3) is 0 Å². The third-order valence-corrected chi connectivity index (χ3v) is 11.3. The topological polar surface area (TPSA) is 22.8 Å². The van der Waals surface area contributed by atoms with Crippen LogP contribution in [0.15, 0.2) is 164 Å². The molecule has 4 aromatic heterocycles. The second-order valence-electron chi connectivity index (χ2n) is 12.8. The summed E-state index contributed by atoms with van der Waals surface area (Å²) in [7, 11) is 0. The van der Waals surface area contributed by atoms with E-state index in [1.807, 2.05) is 11.3 Å². The van der Waals surface area contributed by atoms with Crippen LogP contribution in [0.25, 0.3) is 97.3 Å². The van der Waals surface area contributed by atoms with E-state index in [1.54, 1.807) is 0 Å². The summed E-state index contributed by atoms with van der Waals surface area (Å²) >= 11 is 1.87. The van der Waals surface area contributed by atoms with E-state index in [4.69, 9.17) is 4.98 Å². The van der Waals surface area contributed by atoms with Crippen molar-refractivity contribution < 1.29 is 0 Å². The lowest BCUT2D eigenvalue weighted by Gasteiger charge is -2.13. The minimum absolute atomic E-state index is 0.921. The van der Waals surface area contributed by atoms with Gasteiger partial charge in [-0.3, -0.25) is 4.57 Å². The quantitative estimate of drug-likeness (QED) is 0.188. The first-order chi connectivity index (χ1) is 24.3. The molecule has 0 amide bonds. The highest BCUT2D eigenvalue weighted by Crippen LogP contribution is 2.45. The van der Waals surface area contributed by atoms with Crippen molar-refractivity contribution in [2.45, 2.75) is 0 Å². The Labute approximate surface area is 285 Å². The Bertz CT molecular complexity index is 3090. The summed E-state index contributed by atoms with van der Waals surface area (Å²) in [5.74, 6) is 0.921. The van der Waals surface area contributed by atoms with E-state index in [2.05, 4.69) is 173 Å². The van der Waals surface area contributed by atoms with Crippen LogP contribution in [0.5, 0.6) is 0 Å². The molecule has 11 aromatic rings. The summed E-state index contributed by atoms with van der Waals surface area (Å²) in [6.45, 7) is 0. The van der Waals surface area contributed by atoms with E-state index in [9.17, 15) is 0 Å². The van der Waals surface area contributed by atoms with Gasteiger partial charge in [-0.1, -0.05) is 115 Å². The van der Waals surface area contributed by atoms with Crippen LogP contribution in [0.3, 0.4) is 0 Å². The number of fused-ring (bicyclic) bond motifs is 11. The zero-order valence-corrected chi connectivity index (χ0v) is 27.2. The van der Waals surface area contributed by atoms with Gasteiger partial charge in [0.15, 0.2) is 0 Å². The summed E-state index contributed by atoms with van der Waals surface area (Å²) in [4.78, 5) is 5.43. The van der Waals surface area contributed by atoms with Gasteiger partial charge < -0.3 is 4.57 Å². The lowest BCUT2D eigenvalue weighted by Crippen LogP contribution is -2.00. The fourth-order valence-electron chi connectivity index (χ4n) is 7.97. The van der Waals surface area contributed by atoms with Crippen molar-refractivity contribution in [1.29, 1.82) is 0 Å². The average molecular weight is 642 g/mol. The van der Waals surface area contributed by atoms with Crippen LogP contribution in [0.4, 0.5) is 0 Å². The lowest BCUT2D eigenvalue weighted by molar-refractivity contribution is 1.11. The van der Waals surface area contributed by atoms with E-state index in [-0.39, 0.29) is 0 Å². The number of nitrogens with zero attached hydrogens (tertiary/aromatic N) is 3. The van der Waals surface area contributed by atoms with Gasteiger partial charge in [-0.2, -0.15) is 0 Å². The van der Waals surface area contributed by atoms with Crippen molar-refractivity contribution >= 4 is 86.0 Å². The predicted molar refractivity (Wildman–Crippen MR) is 209 cm³/mol. The molecule has 0 aliphatic rings. The second kappa shape index (κ2) is 10.1. The molecule has 4 heteroatoms. The first-order valence-corrected chi connectivity index (χ1v) is 17.5. The summed E-state index contributed by atoms with van der Waals surface area (Å²) in [5.41, 5.74) is 9.23. The van der Waals surface area contributed by atoms with Crippen molar-refractivity contribution in [2.24, 2.45) is 0 Å². The molecule has 11 rings (SSSR count). The number of rotatable bonds is 3. The minimum atomic E-state index is 0.921. The van der Waals surface area contributed by atoms with Crippen molar-refractivity contribution in [3.05, 3.63) is 164 Å². The van der Waals surface area contributed by atoms with Crippen molar-refractivity contribution in [1.82, 2.24) is 14.1 Å². The molecule has 0 fully saturated rings. The predicted octanol–water partition coefficient (Wildman–Crippen LogP) is 12.5. The Balaban J connectivity index is 1.35. The van der Waals surface area contributed by atoms with Crippen molar-refractivity contribution in [3.8, 4) is 22.6 Å². The summed E-state index contributed by atoms with van der Waals surface area (Å²) in [5, 5.41) is 8.70. The van der Waals surface area contributed by atoms with Gasteiger partial charge in [0.05, 0.1) is 32.3 Å². The van der Waals surface area contributed by atoms with Crippen LogP contribution >= 0.6 is 11.3 Å². The molecule has 49 heavy (non-hydrogen) atoms. The monoisotopic (exact) mass is 641 g/mol. The molecular formula is C45H27N3S. The van der Waals surface area contributed by atoms with Gasteiger partial charge >= 0.3 is 0 Å². The van der Waals surface area contributed by atoms with Gasteiger partial charge in [-0.05, 0) is 59.7 Å². The molecule has 0 saturated heterocycles. The van der Waals surface area contributed by atoms with Crippen LogP contribution in [-0.4, -0.2) is 14.1 Å². The molecule has 0 radical (unpaired) electrons. The summed E-state index contributed by atoms with van der Waals surface area (Å²) in [6, 6.07) is 59.2. The molecular weight excluding hydrogens is 615 g/mol. The Morgan fingerprint density at radius 1 is 0.429 bits per heavy atom. The third-order valence-electron chi connectivity index (χ3n) is 10.1. The molecule has 0 bridgehead atoms. The normalized spacial score (nSPS) is 12.1. The van der Waals surface area contributed by atoms with Crippen LogP contribution in [0, 0.1) is 0 Å². The third kappa shape index (κ3) is 3.80. The Morgan fingerprint density at radius 3 is 1.94 bits per heavy atom. The van der Waals surface area contributed by atoms with E-state index >= 15 is 0 Å². The number of hydrogen-bond acceptors (Lipinski definition) is 2. The molecule has 228 valence electrons. The van der Waals surface area contributed by atoms with Crippen LogP contribution in [0.1, 0.15) is 0 Å². The lowest BCUT2D eigenvalue weighted by atomic mass is 10.0. The van der Waals surface area contributed by atoms with E-state index in [0.29, 0.717) is 0 Å². The Morgan fingerprint density at radius 2 is 1.08 bits per heavy atom. The molecule has 0 unspecified atom stereocenters. The zero-order valence-electron chi connectivity index (χ0n) is 26.3. The van der Waals surface area contributed by atoms with Gasteiger partial charge in [0, 0.05) is 48.1 Å². The molecule has 0 atom stereocenters. The van der Waals surface area contributed by atoms with Crippen molar-refractivity contribution in [2.75, 3.05) is 0 Å². The van der Waals surface area contributed by atoms with Gasteiger partial charge in [0.1, 0.15) is 5.82 Å². The summed E-state index contributed by atoms with van der Waals surface area (Å²) < 4.78 is 7.43. The second-order valence-corrected chi connectivity index (χ2v) is 13.8. The van der Waals surface area contributed by atoms with Crippen LogP contribution < -0.4 is 0 Å². The number of hydrogen-bond donors (Lipinski definition) is 0. The van der Waals surface area contributed by atoms with E-state index < -0.39 is 0 Å². The molecule has 3 nitrogen and oxygen atoms in total. The number of pyridine rings is 1. The molecule has 0 aliphatic heterocycles. The van der Waals surface area contributed by atoms with Gasteiger partial charge in [-0.25, -0.2) is 4.98 Å². The molecule has 0 saturated carbocycles. The maximum atomic E-state index is 5.43. The number of aromatic nitrogens is 3. The van der Waals surface area contributed by atoms with Gasteiger partial charge in [-0.15, -0.1) is 11.3 Å². The van der Waals surface area contributed by atoms with Crippen LogP contribution in [0.2, 0.25) is 0 Å². The zero-order chi connectivity index (χ0) is 32.1. The largest absolute Gasteiger partial charge is 0.309 e. The Hall–Kier alpha value is -6.23. The SMILES string of the molecule is c1ccc(-c2cc(-n3c4cc5c(cc4c4ccc6c7ccccc7sc6c43)c3ccccc3n5-c3ccccc3)nc3ccccc23)cc1. The summed E-state index contributed by atoms with van der Waals surface area (Å²) in [6.07, 6.45) is 0. The van der Waals surface area contributed by atoms with Crippen molar-refractivity contribution in [3.63, 3.8) is 0 Å². The standard InChI is InChI=1S/C45H27N3S/c1-3-13-28(14-4-1)35-26-43(46-38-20-10-7-17-30(35)38)48-41-27-40-36(31-18-8-11-21-39(31)47(40)29-15-5-2-6-16-29)25-37(41)33-23-24-34-32-19-9-12-22-42(32)49-45(34)44(33)48/h1-27H. The Kier molecular flexibility index (Phi) is 5.54. The highest BCUT2D eigenvalue weighted by molar-refractivity contribution is 7.26. The minimum Gasteiger partial charge on any atom is -0.309 e. The van der Waals surface area contributed by atoms with E-state index in [0.717, 1.165) is 27.9 Å². The highest BCUT2D eigenvalue weighted by atomic mass is 32.1. The van der Waals surface area contributed by atoms with Crippen LogP contribution in [-0.2, 0) is 0 Å². The highest BCUT2D eigenvalue weighted by Gasteiger charge is 2.22. The molecule has 4 heterocycles. The van der Waals surface area contributed by atoms with Gasteiger partial charge in [0.2, 0.25) is 0 Å². The molecule has 0 N–H and O–H groups in total. The molecule has 0 spiro atoms. The first-order valence-electron chi connectivity index (χ1n) is 16.6. The fourth-order valence-corrected chi connectivity index (χ4v) is 9.21. The number of para-hydroxylation sites is 3. The number of benzene rings is 7. The maximum Gasteiger partial charge on any atom is 0.138 e. The maximum absolute atomic E-state index is 5.43. The first kappa shape index (κ1) is 26.8. The van der Waals surface area contributed by atoms with E-state index in [1.165, 1.54) is 69.4 Å². The smallest absolute Gasteiger partial charge is 0.138 e.